The van der Waals surface area contributed by atoms with E-state index in [1.165, 1.54) is 25.8 Å². The number of amides is 1. The molecule has 130 valence electrons. The van der Waals surface area contributed by atoms with E-state index in [2.05, 4.69) is 22.4 Å². The topological polar surface area (TPSA) is 32.3 Å². The minimum absolute atomic E-state index is 0.148. The number of nitrogens with zero attached hydrogens (tertiary/aromatic N) is 1. The summed E-state index contributed by atoms with van der Waals surface area (Å²) < 4.78 is 0. The molecule has 0 radical (unpaired) electrons. The molecule has 4 heteroatoms. The zero-order valence-corrected chi connectivity index (χ0v) is 15.0. The van der Waals surface area contributed by atoms with E-state index in [9.17, 15) is 4.79 Å². The average Bonchev–Trinajstić information content (AvgIpc) is 2.62. The van der Waals surface area contributed by atoms with Crippen molar-refractivity contribution in [2.75, 3.05) is 19.6 Å². The maximum absolute atomic E-state index is 12.4. The van der Waals surface area contributed by atoms with Crippen LogP contribution in [0, 0.1) is 11.8 Å². The predicted octanol–water partition coefficient (Wildman–Crippen LogP) is 4.02. The third kappa shape index (κ3) is 4.84. The van der Waals surface area contributed by atoms with Crippen molar-refractivity contribution in [2.45, 2.75) is 38.6 Å². The molecule has 1 aliphatic carbocycles. The minimum Gasteiger partial charge on any atom is -0.352 e. The van der Waals surface area contributed by atoms with Gasteiger partial charge in [0.15, 0.2) is 0 Å². The second-order valence-electron chi connectivity index (χ2n) is 7.03. The molecule has 1 aromatic carbocycles. The minimum atomic E-state index is 0.148. The van der Waals surface area contributed by atoms with E-state index in [1.807, 2.05) is 24.3 Å². The van der Waals surface area contributed by atoms with Crippen LogP contribution >= 0.6 is 11.6 Å². The first-order chi connectivity index (χ1) is 11.7. The number of hydrogen-bond donors (Lipinski definition) is 1. The lowest BCUT2D eigenvalue weighted by molar-refractivity contribution is -0.126. The average molecular weight is 347 g/mol. The fraction of sp³-hybridized carbons (Fsp3) is 0.550. The molecule has 2 aliphatic rings. The zero-order chi connectivity index (χ0) is 16.8. The molecular formula is C20H27ClN2O. The highest BCUT2D eigenvalue weighted by molar-refractivity contribution is 6.31. The molecule has 0 aromatic heterocycles. The Morgan fingerprint density at radius 1 is 1.17 bits per heavy atom. The van der Waals surface area contributed by atoms with Crippen molar-refractivity contribution in [3.8, 4) is 0 Å². The van der Waals surface area contributed by atoms with Crippen molar-refractivity contribution in [2.24, 2.45) is 11.8 Å². The highest BCUT2D eigenvalue weighted by Crippen LogP contribution is 2.23. The van der Waals surface area contributed by atoms with E-state index in [-0.39, 0.29) is 11.8 Å². The Morgan fingerprint density at radius 3 is 2.67 bits per heavy atom. The zero-order valence-electron chi connectivity index (χ0n) is 14.2. The third-order valence-corrected chi connectivity index (χ3v) is 5.63. The number of allylic oxidation sites excluding steroid dienone is 2. The Kier molecular flexibility index (Phi) is 6.33. The van der Waals surface area contributed by atoms with E-state index >= 15 is 0 Å². The molecule has 0 unspecified atom stereocenters. The summed E-state index contributed by atoms with van der Waals surface area (Å²) in [6, 6.07) is 7.68. The lowest BCUT2D eigenvalue weighted by Crippen LogP contribution is -2.42. The molecule has 24 heavy (non-hydrogen) atoms. The van der Waals surface area contributed by atoms with Crippen molar-refractivity contribution >= 4 is 17.5 Å². The van der Waals surface area contributed by atoms with Crippen molar-refractivity contribution in [1.82, 2.24) is 10.2 Å². The van der Waals surface area contributed by atoms with Gasteiger partial charge in [-0.25, -0.2) is 0 Å². The Labute approximate surface area is 150 Å². The van der Waals surface area contributed by atoms with Gasteiger partial charge in [0.2, 0.25) is 5.91 Å². The van der Waals surface area contributed by atoms with Gasteiger partial charge >= 0.3 is 0 Å². The second-order valence-corrected chi connectivity index (χ2v) is 7.44. The van der Waals surface area contributed by atoms with E-state index in [0.29, 0.717) is 11.6 Å². The Hall–Kier alpha value is -1.32. The van der Waals surface area contributed by atoms with Crippen LogP contribution in [0.4, 0.5) is 0 Å². The number of carbonyl (C=O) groups excluding carboxylic acids is 1. The molecule has 1 N–H and O–H groups in total. The summed E-state index contributed by atoms with van der Waals surface area (Å²) in [7, 11) is 0. The van der Waals surface area contributed by atoms with Crippen LogP contribution in [0.1, 0.15) is 37.7 Å². The van der Waals surface area contributed by atoms with Crippen LogP contribution in [0.25, 0.3) is 0 Å². The van der Waals surface area contributed by atoms with E-state index in [1.54, 1.807) is 0 Å². The first-order valence-corrected chi connectivity index (χ1v) is 9.48. The molecule has 3 rings (SSSR count). The lowest BCUT2D eigenvalue weighted by atomic mass is 9.91. The van der Waals surface area contributed by atoms with Gasteiger partial charge < -0.3 is 10.2 Å². The van der Waals surface area contributed by atoms with Crippen molar-refractivity contribution in [3.63, 3.8) is 0 Å². The van der Waals surface area contributed by atoms with Gasteiger partial charge in [0.25, 0.3) is 0 Å². The molecule has 0 spiro atoms. The molecule has 1 amide bonds. The molecule has 0 bridgehead atoms. The van der Waals surface area contributed by atoms with Crippen molar-refractivity contribution in [1.29, 1.82) is 0 Å². The monoisotopic (exact) mass is 346 g/mol. The second kappa shape index (κ2) is 8.68. The summed E-state index contributed by atoms with van der Waals surface area (Å²) in [6.07, 6.45) is 10.3. The SMILES string of the molecule is O=C(NCc1ccccc1Cl)C1CCN(C[C@@H]2CC=CCC2)CC1. The number of benzene rings is 1. The quantitative estimate of drug-likeness (QED) is 0.816. The first kappa shape index (κ1) is 17.5. The largest absolute Gasteiger partial charge is 0.352 e. The molecule has 1 aromatic rings. The van der Waals surface area contributed by atoms with Crippen molar-refractivity contribution in [3.05, 3.63) is 47.0 Å². The lowest BCUT2D eigenvalue weighted by Gasteiger charge is -2.34. The van der Waals surface area contributed by atoms with Gasteiger partial charge in [-0.15, -0.1) is 0 Å². The van der Waals surface area contributed by atoms with Gasteiger partial charge in [-0.05, 0) is 62.7 Å². The van der Waals surface area contributed by atoms with Crippen molar-refractivity contribution < 1.29 is 4.79 Å². The highest BCUT2D eigenvalue weighted by Gasteiger charge is 2.26. The normalized spacial score (nSPS) is 22.5. The summed E-state index contributed by atoms with van der Waals surface area (Å²) in [6.45, 7) is 3.81. The first-order valence-electron chi connectivity index (χ1n) is 9.11. The van der Waals surface area contributed by atoms with Crippen LogP contribution in [0.15, 0.2) is 36.4 Å². The maximum Gasteiger partial charge on any atom is 0.223 e. The Balaban J connectivity index is 1.40. The summed E-state index contributed by atoms with van der Waals surface area (Å²) >= 11 is 6.14. The molecule has 1 aliphatic heterocycles. The number of halogens is 1. The molecule has 0 saturated carbocycles. The number of nitrogens with one attached hydrogen (secondary N) is 1. The molecule has 1 saturated heterocycles. The maximum atomic E-state index is 12.4. The van der Waals surface area contributed by atoms with Crippen LogP contribution in [-0.2, 0) is 11.3 Å². The van der Waals surface area contributed by atoms with Crippen LogP contribution in [-0.4, -0.2) is 30.4 Å². The van der Waals surface area contributed by atoms with Gasteiger partial charge in [-0.1, -0.05) is 42.0 Å². The number of hydrogen-bond acceptors (Lipinski definition) is 2. The van der Waals surface area contributed by atoms with E-state index < -0.39 is 0 Å². The Morgan fingerprint density at radius 2 is 1.96 bits per heavy atom. The van der Waals surface area contributed by atoms with Crippen LogP contribution < -0.4 is 5.32 Å². The molecule has 1 heterocycles. The van der Waals surface area contributed by atoms with Gasteiger partial charge in [0, 0.05) is 24.0 Å². The summed E-state index contributed by atoms with van der Waals surface area (Å²) in [5.74, 6) is 1.13. The standard InChI is InChI=1S/C20H27ClN2O/c21-19-9-5-4-8-18(19)14-22-20(24)17-10-12-23(13-11-17)15-16-6-2-1-3-7-16/h1-2,4-5,8-9,16-17H,3,6-7,10-15H2,(H,22,24)/t16-/m1/s1. The number of rotatable bonds is 5. The summed E-state index contributed by atoms with van der Waals surface area (Å²) in [5, 5.41) is 3.77. The molecule has 1 atom stereocenters. The predicted molar refractivity (Wildman–Crippen MR) is 98.9 cm³/mol. The van der Waals surface area contributed by atoms with E-state index in [4.69, 9.17) is 11.6 Å². The molecule has 1 fully saturated rings. The smallest absolute Gasteiger partial charge is 0.223 e. The molecule has 3 nitrogen and oxygen atoms in total. The van der Waals surface area contributed by atoms with Gasteiger partial charge in [0.1, 0.15) is 0 Å². The van der Waals surface area contributed by atoms with Gasteiger partial charge in [-0.3, -0.25) is 4.79 Å². The van der Waals surface area contributed by atoms with Gasteiger partial charge in [-0.2, -0.15) is 0 Å². The highest BCUT2D eigenvalue weighted by atomic mass is 35.5. The van der Waals surface area contributed by atoms with Crippen LogP contribution in [0.2, 0.25) is 5.02 Å². The Bertz CT molecular complexity index is 579. The fourth-order valence-electron chi connectivity index (χ4n) is 3.73. The number of piperidine rings is 1. The summed E-state index contributed by atoms with van der Waals surface area (Å²) in [4.78, 5) is 14.9. The van der Waals surface area contributed by atoms with Gasteiger partial charge in [0.05, 0.1) is 0 Å². The number of likely N-dealkylation sites (tertiary alicyclic amines) is 1. The third-order valence-electron chi connectivity index (χ3n) is 5.26. The summed E-state index contributed by atoms with van der Waals surface area (Å²) in [5.41, 5.74) is 0.982. The van der Waals surface area contributed by atoms with Crippen LogP contribution in [0.3, 0.4) is 0 Å². The number of carbonyl (C=O) groups is 1. The molecular weight excluding hydrogens is 320 g/mol. The van der Waals surface area contributed by atoms with E-state index in [0.717, 1.165) is 37.4 Å². The fourth-order valence-corrected chi connectivity index (χ4v) is 3.94. The van der Waals surface area contributed by atoms with Crippen LogP contribution in [0.5, 0.6) is 0 Å².